The van der Waals surface area contributed by atoms with Gasteiger partial charge in [-0.05, 0) is 6.42 Å². The van der Waals surface area contributed by atoms with E-state index in [0.717, 1.165) is 26.2 Å². The Bertz CT molecular complexity index is 433. The van der Waals surface area contributed by atoms with Crippen molar-refractivity contribution in [1.82, 2.24) is 10.2 Å². The zero-order valence-electron chi connectivity index (χ0n) is 10.8. The fraction of sp³-hybridized carbons (Fsp3) is 0.429. The smallest absolute Gasteiger partial charge is 0.127 e. The molecule has 5 nitrogen and oxygen atoms in total. The molecule has 0 amide bonds. The molecule has 4 N–H and O–H groups in total. The van der Waals surface area contributed by atoms with Gasteiger partial charge in [0.15, 0.2) is 0 Å². The maximum Gasteiger partial charge on any atom is 0.127 e. The van der Waals surface area contributed by atoms with Gasteiger partial charge in [0, 0.05) is 44.4 Å². The van der Waals surface area contributed by atoms with E-state index in [9.17, 15) is 15.3 Å². The summed E-state index contributed by atoms with van der Waals surface area (Å²) in [5.74, 6) is -0.304. The van der Waals surface area contributed by atoms with Gasteiger partial charge in [0.1, 0.15) is 17.2 Å². The highest BCUT2D eigenvalue weighted by molar-refractivity contribution is 5.50. The number of hydrogen-bond donors (Lipinski definition) is 4. The van der Waals surface area contributed by atoms with Gasteiger partial charge >= 0.3 is 0 Å². The molecule has 1 aromatic carbocycles. The molecular weight excluding hydrogens is 244 g/mol. The van der Waals surface area contributed by atoms with E-state index in [-0.39, 0.29) is 23.3 Å². The molecule has 2 rings (SSSR count). The summed E-state index contributed by atoms with van der Waals surface area (Å²) in [4.78, 5) is 2.20. The van der Waals surface area contributed by atoms with Crippen molar-refractivity contribution in [3.05, 3.63) is 30.4 Å². The molecule has 0 unspecified atom stereocenters. The standard InChI is InChI=1S/C14H20N2O3/c1-2-3-11(16-6-4-15-5-7-16)14-12(18)8-10(17)9-13(14)19/h2,8-9,11,15,17-19H,1,3-7H2/t11-/m0/s1. The molecule has 1 aliphatic heterocycles. The van der Waals surface area contributed by atoms with E-state index in [1.54, 1.807) is 6.08 Å². The van der Waals surface area contributed by atoms with Crippen molar-refractivity contribution in [1.29, 1.82) is 0 Å². The fourth-order valence-electron chi connectivity index (χ4n) is 2.55. The Morgan fingerprint density at radius 2 is 1.79 bits per heavy atom. The summed E-state index contributed by atoms with van der Waals surface area (Å²) in [6.45, 7) is 7.20. The van der Waals surface area contributed by atoms with E-state index < -0.39 is 0 Å². The van der Waals surface area contributed by atoms with Gasteiger partial charge in [0.25, 0.3) is 0 Å². The van der Waals surface area contributed by atoms with Crippen LogP contribution in [0.3, 0.4) is 0 Å². The zero-order chi connectivity index (χ0) is 13.8. The normalized spacial score (nSPS) is 18.1. The van der Waals surface area contributed by atoms with Crippen molar-refractivity contribution in [3.8, 4) is 17.2 Å². The van der Waals surface area contributed by atoms with Gasteiger partial charge in [0.2, 0.25) is 0 Å². The molecule has 0 saturated carbocycles. The van der Waals surface area contributed by atoms with Gasteiger partial charge < -0.3 is 20.6 Å². The first-order chi connectivity index (χ1) is 9.13. The third kappa shape index (κ3) is 3.00. The lowest BCUT2D eigenvalue weighted by molar-refractivity contribution is 0.169. The highest BCUT2D eigenvalue weighted by Gasteiger charge is 2.26. The largest absolute Gasteiger partial charge is 0.508 e. The highest BCUT2D eigenvalue weighted by atomic mass is 16.3. The molecule has 0 radical (unpaired) electrons. The SMILES string of the molecule is C=CC[C@@H](c1c(O)cc(O)cc1O)N1CCNCC1. The monoisotopic (exact) mass is 264 g/mol. The van der Waals surface area contributed by atoms with Gasteiger partial charge in [-0.25, -0.2) is 0 Å². The second kappa shape index (κ2) is 5.95. The number of hydrogen-bond acceptors (Lipinski definition) is 5. The average molecular weight is 264 g/mol. The molecule has 0 bridgehead atoms. The minimum Gasteiger partial charge on any atom is -0.508 e. The van der Waals surface area contributed by atoms with Crippen molar-refractivity contribution in [2.45, 2.75) is 12.5 Å². The Labute approximate surface area is 112 Å². The summed E-state index contributed by atoms with van der Waals surface area (Å²) in [6.07, 6.45) is 2.41. The maximum absolute atomic E-state index is 10.0. The number of rotatable bonds is 4. The second-order valence-electron chi connectivity index (χ2n) is 4.72. The van der Waals surface area contributed by atoms with E-state index >= 15 is 0 Å². The van der Waals surface area contributed by atoms with Crippen molar-refractivity contribution < 1.29 is 15.3 Å². The molecular formula is C14H20N2O3. The Morgan fingerprint density at radius 3 is 2.32 bits per heavy atom. The molecule has 0 aromatic heterocycles. The Morgan fingerprint density at radius 1 is 1.21 bits per heavy atom. The molecule has 1 atom stereocenters. The highest BCUT2D eigenvalue weighted by Crippen LogP contribution is 2.40. The van der Waals surface area contributed by atoms with Gasteiger partial charge in [-0.15, -0.1) is 6.58 Å². The quantitative estimate of drug-likeness (QED) is 0.617. The number of piperazine rings is 1. The molecule has 1 saturated heterocycles. The lowest BCUT2D eigenvalue weighted by Gasteiger charge is -2.35. The van der Waals surface area contributed by atoms with Gasteiger partial charge in [0.05, 0.1) is 5.56 Å². The molecule has 19 heavy (non-hydrogen) atoms. The van der Waals surface area contributed by atoms with Crippen molar-refractivity contribution in [2.24, 2.45) is 0 Å². The van der Waals surface area contributed by atoms with Crippen LogP contribution in [0, 0.1) is 0 Å². The number of nitrogens with one attached hydrogen (secondary N) is 1. The van der Waals surface area contributed by atoms with Crippen LogP contribution in [0.15, 0.2) is 24.8 Å². The van der Waals surface area contributed by atoms with Crippen molar-refractivity contribution in [3.63, 3.8) is 0 Å². The van der Waals surface area contributed by atoms with Gasteiger partial charge in [-0.3, -0.25) is 4.90 Å². The van der Waals surface area contributed by atoms with Crippen LogP contribution in [-0.4, -0.2) is 46.4 Å². The minimum absolute atomic E-state index is 0.0807. The molecule has 1 aromatic rings. The summed E-state index contributed by atoms with van der Waals surface area (Å²) in [5, 5.41) is 32.7. The number of benzene rings is 1. The first-order valence-electron chi connectivity index (χ1n) is 6.44. The van der Waals surface area contributed by atoms with E-state index in [2.05, 4.69) is 16.8 Å². The summed E-state index contributed by atoms with van der Waals surface area (Å²) in [7, 11) is 0. The van der Waals surface area contributed by atoms with E-state index in [1.165, 1.54) is 12.1 Å². The molecule has 1 fully saturated rings. The molecule has 104 valence electrons. The minimum atomic E-state index is -0.142. The maximum atomic E-state index is 10.0. The Balaban J connectivity index is 2.35. The van der Waals surface area contributed by atoms with E-state index in [4.69, 9.17) is 0 Å². The van der Waals surface area contributed by atoms with Crippen LogP contribution in [0.1, 0.15) is 18.0 Å². The molecule has 0 aliphatic carbocycles. The van der Waals surface area contributed by atoms with Crippen molar-refractivity contribution in [2.75, 3.05) is 26.2 Å². The average Bonchev–Trinajstić information content (AvgIpc) is 2.37. The number of phenolic OH excluding ortho intramolecular Hbond substituents is 3. The topological polar surface area (TPSA) is 76.0 Å². The Hall–Kier alpha value is -1.72. The lowest BCUT2D eigenvalue weighted by Crippen LogP contribution is -2.45. The van der Waals surface area contributed by atoms with Crippen LogP contribution in [0.4, 0.5) is 0 Å². The molecule has 5 heteroatoms. The number of phenols is 3. The summed E-state index contributed by atoms with van der Waals surface area (Å²) < 4.78 is 0. The Kier molecular flexibility index (Phi) is 4.29. The van der Waals surface area contributed by atoms with Crippen LogP contribution in [0.25, 0.3) is 0 Å². The second-order valence-corrected chi connectivity index (χ2v) is 4.72. The van der Waals surface area contributed by atoms with Crippen LogP contribution in [0.5, 0.6) is 17.2 Å². The summed E-state index contributed by atoms with van der Waals surface area (Å²) in [5.41, 5.74) is 0.458. The fourth-order valence-corrected chi connectivity index (χ4v) is 2.55. The van der Waals surface area contributed by atoms with Crippen LogP contribution >= 0.6 is 0 Å². The molecule has 1 heterocycles. The predicted molar refractivity (Wildman–Crippen MR) is 73.4 cm³/mol. The van der Waals surface area contributed by atoms with E-state index in [1.807, 2.05) is 0 Å². The first kappa shape index (κ1) is 13.7. The summed E-state index contributed by atoms with van der Waals surface area (Å²) >= 11 is 0. The predicted octanol–water partition coefficient (Wildman–Crippen LogP) is 1.33. The molecule has 0 spiro atoms. The zero-order valence-corrected chi connectivity index (χ0v) is 10.8. The lowest BCUT2D eigenvalue weighted by atomic mass is 9.98. The first-order valence-corrected chi connectivity index (χ1v) is 6.44. The van der Waals surface area contributed by atoms with E-state index in [0.29, 0.717) is 12.0 Å². The van der Waals surface area contributed by atoms with Crippen LogP contribution in [0.2, 0.25) is 0 Å². The third-order valence-electron chi connectivity index (χ3n) is 3.44. The molecule has 1 aliphatic rings. The van der Waals surface area contributed by atoms with Crippen molar-refractivity contribution >= 4 is 0 Å². The number of nitrogens with zero attached hydrogens (tertiary/aromatic N) is 1. The van der Waals surface area contributed by atoms with Gasteiger partial charge in [-0.1, -0.05) is 6.08 Å². The van der Waals surface area contributed by atoms with Gasteiger partial charge in [-0.2, -0.15) is 0 Å². The summed E-state index contributed by atoms with van der Waals surface area (Å²) in [6, 6.07) is 2.39. The number of aromatic hydroxyl groups is 3. The van der Waals surface area contributed by atoms with Crippen LogP contribution < -0.4 is 5.32 Å². The van der Waals surface area contributed by atoms with Crippen LogP contribution in [-0.2, 0) is 0 Å². The third-order valence-corrected chi connectivity index (χ3v) is 3.44.